The first kappa shape index (κ1) is 32.0. The largest absolute Gasteiger partial charge is 0.309 e. The van der Waals surface area contributed by atoms with Crippen LogP contribution in [0.25, 0.3) is 99.5 Å². The molecular weight excluding hydrogens is 679 g/mol. The van der Waals surface area contributed by atoms with Gasteiger partial charge in [0.05, 0.1) is 22.1 Å². The van der Waals surface area contributed by atoms with Gasteiger partial charge in [0.25, 0.3) is 0 Å². The SMILES string of the molecule is c1ccc(-c2ccc(-n3c4ccncc4c4cc(-c5ccc6c(c5)c5ccccc5n6-c5cc(-c6ccccc6)cc(-c6ccccc6)c5)ccc43)cc2)cc1. The quantitative estimate of drug-likeness (QED) is 0.168. The number of para-hydroxylation sites is 1. The van der Waals surface area contributed by atoms with Gasteiger partial charge >= 0.3 is 0 Å². The van der Waals surface area contributed by atoms with E-state index in [1.165, 1.54) is 71.7 Å². The van der Waals surface area contributed by atoms with Crippen molar-refractivity contribution < 1.29 is 0 Å². The van der Waals surface area contributed by atoms with Crippen molar-refractivity contribution in [3.8, 4) is 55.9 Å². The fourth-order valence-electron chi connectivity index (χ4n) is 8.52. The van der Waals surface area contributed by atoms with Crippen LogP contribution in [0.5, 0.6) is 0 Å². The van der Waals surface area contributed by atoms with Gasteiger partial charge in [-0.05, 0) is 111 Å². The summed E-state index contributed by atoms with van der Waals surface area (Å²) in [6, 6.07) is 72.5. The Kier molecular flexibility index (Phi) is 7.49. The Morgan fingerprint density at radius 2 is 0.714 bits per heavy atom. The van der Waals surface area contributed by atoms with Gasteiger partial charge in [0.2, 0.25) is 0 Å². The summed E-state index contributed by atoms with van der Waals surface area (Å²) in [6.07, 6.45) is 3.89. The van der Waals surface area contributed by atoms with Gasteiger partial charge in [0.1, 0.15) is 0 Å². The smallest absolute Gasteiger partial charge is 0.0571 e. The second kappa shape index (κ2) is 13.1. The van der Waals surface area contributed by atoms with Crippen molar-refractivity contribution in [2.24, 2.45) is 0 Å². The first-order valence-electron chi connectivity index (χ1n) is 19.1. The zero-order valence-corrected chi connectivity index (χ0v) is 30.5. The van der Waals surface area contributed by atoms with Gasteiger partial charge in [-0.25, -0.2) is 0 Å². The fourth-order valence-corrected chi connectivity index (χ4v) is 8.52. The molecule has 0 aliphatic carbocycles. The molecule has 56 heavy (non-hydrogen) atoms. The average molecular weight is 714 g/mol. The molecule has 0 unspecified atom stereocenters. The Labute approximate surface area is 325 Å². The molecule has 11 rings (SSSR count). The second-order valence-electron chi connectivity index (χ2n) is 14.5. The maximum Gasteiger partial charge on any atom is 0.0571 e. The number of benzene rings is 8. The summed E-state index contributed by atoms with van der Waals surface area (Å²) in [5, 5.41) is 4.79. The lowest BCUT2D eigenvalue weighted by Gasteiger charge is -2.14. The number of pyridine rings is 1. The van der Waals surface area contributed by atoms with Crippen LogP contribution >= 0.6 is 0 Å². The van der Waals surface area contributed by atoms with Gasteiger partial charge in [-0.2, -0.15) is 0 Å². The van der Waals surface area contributed by atoms with E-state index in [0.29, 0.717) is 0 Å². The van der Waals surface area contributed by atoms with Crippen molar-refractivity contribution in [1.82, 2.24) is 14.1 Å². The lowest BCUT2D eigenvalue weighted by Crippen LogP contribution is -1.96. The van der Waals surface area contributed by atoms with E-state index in [0.717, 1.165) is 27.8 Å². The Hall–Kier alpha value is -7.49. The van der Waals surface area contributed by atoms with E-state index in [1.807, 2.05) is 12.4 Å². The molecule has 3 nitrogen and oxygen atoms in total. The number of rotatable bonds is 6. The van der Waals surface area contributed by atoms with Gasteiger partial charge in [0.15, 0.2) is 0 Å². The van der Waals surface area contributed by atoms with Gasteiger partial charge in [-0.1, -0.05) is 133 Å². The predicted octanol–water partition coefficient (Wildman–Crippen LogP) is 13.9. The van der Waals surface area contributed by atoms with Crippen molar-refractivity contribution in [3.05, 3.63) is 213 Å². The molecule has 0 amide bonds. The van der Waals surface area contributed by atoms with E-state index in [9.17, 15) is 0 Å². The van der Waals surface area contributed by atoms with E-state index in [-0.39, 0.29) is 0 Å². The highest BCUT2D eigenvalue weighted by atomic mass is 15.0. The molecule has 262 valence electrons. The summed E-state index contributed by atoms with van der Waals surface area (Å²) in [4.78, 5) is 4.57. The highest BCUT2D eigenvalue weighted by Crippen LogP contribution is 2.40. The molecule has 0 fully saturated rings. The van der Waals surface area contributed by atoms with E-state index >= 15 is 0 Å². The lowest BCUT2D eigenvalue weighted by molar-refractivity contribution is 1.17. The monoisotopic (exact) mass is 713 g/mol. The van der Waals surface area contributed by atoms with E-state index in [2.05, 4.69) is 214 Å². The Morgan fingerprint density at radius 3 is 1.32 bits per heavy atom. The number of aromatic nitrogens is 3. The summed E-state index contributed by atoms with van der Waals surface area (Å²) in [7, 11) is 0. The first-order chi connectivity index (χ1) is 27.8. The molecule has 8 aromatic carbocycles. The molecule has 0 N–H and O–H groups in total. The number of hydrogen-bond donors (Lipinski definition) is 0. The summed E-state index contributed by atoms with van der Waals surface area (Å²) in [5.74, 6) is 0. The van der Waals surface area contributed by atoms with Crippen LogP contribution in [0, 0.1) is 0 Å². The van der Waals surface area contributed by atoms with Gasteiger partial charge < -0.3 is 9.13 Å². The van der Waals surface area contributed by atoms with Crippen LogP contribution in [-0.2, 0) is 0 Å². The standard InChI is InChI=1S/C53H35N3/c1-4-12-36(13-5-1)39-20-24-44(25-21-39)55-52-27-23-41(34-48(52)49-35-54-29-28-53(49)55)40-22-26-51-47(33-40)46-18-10-11-19-50(46)56(51)45-31-42(37-14-6-2-7-15-37)30-43(32-45)38-16-8-3-9-17-38/h1-35H. The maximum absolute atomic E-state index is 4.57. The van der Waals surface area contributed by atoms with Crippen molar-refractivity contribution in [3.63, 3.8) is 0 Å². The molecule has 0 spiro atoms. The van der Waals surface area contributed by atoms with Crippen molar-refractivity contribution >= 4 is 43.6 Å². The maximum atomic E-state index is 4.57. The molecule has 0 aliphatic heterocycles. The lowest BCUT2D eigenvalue weighted by atomic mass is 9.98. The van der Waals surface area contributed by atoms with Crippen LogP contribution in [-0.4, -0.2) is 14.1 Å². The number of nitrogens with zero attached hydrogens (tertiary/aromatic N) is 3. The van der Waals surface area contributed by atoms with Gasteiger partial charge in [-0.15, -0.1) is 0 Å². The highest BCUT2D eigenvalue weighted by molar-refractivity contribution is 6.12. The van der Waals surface area contributed by atoms with Gasteiger partial charge in [0, 0.05) is 45.3 Å². The first-order valence-corrected chi connectivity index (χ1v) is 19.1. The molecule has 0 saturated carbocycles. The van der Waals surface area contributed by atoms with E-state index in [1.54, 1.807) is 0 Å². The molecule has 3 heteroatoms. The third-order valence-electron chi connectivity index (χ3n) is 11.2. The second-order valence-corrected chi connectivity index (χ2v) is 14.5. The van der Waals surface area contributed by atoms with E-state index < -0.39 is 0 Å². The fraction of sp³-hybridized carbons (Fsp3) is 0. The molecule has 0 radical (unpaired) electrons. The zero-order valence-electron chi connectivity index (χ0n) is 30.5. The van der Waals surface area contributed by atoms with Crippen LogP contribution in [0.15, 0.2) is 213 Å². The molecule has 3 heterocycles. The van der Waals surface area contributed by atoms with Crippen LogP contribution in [0.2, 0.25) is 0 Å². The predicted molar refractivity (Wildman–Crippen MR) is 235 cm³/mol. The van der Waals surface area contributed by atoms with Crippen molar-refractivity contribution in [2.75, 3.05) is 0 Å². The van der Waals surface area contributed by atoms with Crippen LogP contribution in [0.1, 0.15) is 0 Å². The minimum absolute atomic E-state index is 1.13. The number of hydrogen-bond acceptors (Lipinski definition) is 1. The normalized spacial score (nSPS) is 11.6. The Bertz CT molecular complexity index is 3150. The van der Waals surface area contributed by atoms with Crippen LogP contribution in [0.3, 0.4) is 0 Å². The summed E-state index contributed by atoms with van der Waals surface area (Å²) < 4.78 is 4.79. The van der Waals surface area contributed by atoms with E-state index in [4.69, 9.17) is 0 Å². The molecule has 3 aromatic heterocycles. The number of fused-ring (bicyclic) bond motifs is 6. The van der Waals surface area contributed by atoms with Gasteiger partial charge in [-0.3, -0.25) is 4.98 Å². The Balaban J connectivity index is 1.06. The summed E-state index contributed by atoms with van der Waals surface area (Å²) in [5.41, 5.74) is 16.5. The minimum atomic E-state index is 1.13. The third-order valence-corrected chi connectivity index (χ3v) is 11.2. The van der Waals surface area contributed by atoms with Crippen LogP contribution in [0.4, 0.5) is 0 Å². The molecule has 0 saturated heterocycles. The van der Waals surface area contributed by atoms with Crippen molar-refractivity contribution in [2.45, 2.75) is 0 Å². The van der Waals surface area contributed by atoms with Crippen molar-refractivity contribution in [1.29, 1.82) is 0 Å². The highest BCUT2D eigenvalue weighted by Gasteiger charge is 2.17. The summed E-state index contributed by atoms with van der Waals surface area (Å²) >= 11 is 0. The molecular formula is C53H35N3. The molecule has 0 bridgehead atoms. The Morgan fingerprint density at radius 1 is 0.268 bits per heavy atom. The summed E-state index contributed by atoms with van der Waals surface area (Å²) in [6.45, 7) is 0. The molecule has 0 aliphatic rings. The average Bonchev–Trinajstić information content (AvgIpc) is 3.79. The zero-order chi connectivity index (χ0) is 37.0. The minimum Gasteiger partial charge on any atom is -0.309 e. The molecule has 0 atom stereocenters. The third kappa shape index (κ3) is 5.32. The topological polar surface area (TPSA) is 22.8 Å². The molecule has 11 aromatic rings. The van der Waals surface area contributed by atoms with Crippen LogP contribution < -0.4 is 0 Å².